The second kappa shape index (κ2) is 10.0. The Balaban J connectivity index is 1.77. The van der Waals surface area contributed by atoms with Crippen LogP contribution in [0.5, 0.6) is 0 Å². The van der Waals surface area contributed by atoms with E-state index in [1.54, 1.807) is 12.1 Å². The van der Waals surface area contributed by atoms with Crippen LogP contribution in [0.1, 0.15) is 16.7 Å². The van der Waals surface area contributed by atoms with E-state index in [2.05, 4.69) is 26.0 Å². The Labute approximate surface area is 185 Å². The van der Waals surface area contributed by atoms with Gasteiger partial charge in [-0.3, -0.25) is 4.79 Å². The first-order valence-electron chi connectivity index (χ1n) is 9.48. The van der Waals surface area contributed by atoms with E-state index < -0.39 is 16.1 Å². The molecule has 2 N–H and O–H groups in total. The Kier molecular flexibility index (Phi) is 7.42. The van der Waals surface area contributed by atoms with E-state index in [9.17, 15) is 13.2 Å². The molecule has 0 fully saturated rings. The molecule has 0 aromatic heterocycles. The maximum absolute atomic E-state index is 12.9. The third-order valence-corrected chi connectivity index (χ3v) is 6.62. The first-order chi connectivity index (χ1) is 14.3. The fraction of sp³-hybridized carbons (Fsp3) is 0.174. The molecule has 0 saturated heterocycles. The van der Waals surface area contributed by atoms with Gasteiger partial charge in [0.05, 0.1) is 4.90 Å². The van der Waals surface area contributed by atoms with Gasteiger partial charge in [0.15, 0.2) is 0 Å². The fourth-order valence-electron chi connectivity index (χ4n) is 2.93. The van der Waals surface area contributed by atoms with E-state index in [0.717, 1.165) is 21.2 Å². The monoisotopic (exact) mass is 486 g/mol. The Hall–Kier alpha value is -2.48. The van der Waals surface area contributed by atoms with Crippen LogP contribution in [0.25, 0.3) is 0 Å². The van der Waals surface area contributed by atoms with Crippen molar-refractivity contribution in [2.75, 3.05) is 0 Å². The molecule has 1 amide bonds. The van der Waals surface area contributed by atoms with Crippen LogP contribution in [-0.2, 0) is 27.8 Å². The lowest BCUT2D eigenvalue weighted by molar-refractivity contribution is -0.122. The maximum atomic E-state index is 12.9. The van der Waals surface area contributed by atoms with E-state index in [4.69, 9.17) is 0 Å². The third-order valence-electron chi connectivity index (χ3n) is 4.61. The summed E-state index contributed by atoms with van der Waals surface area (Å²) in [5.41, 5.74) is 2.95. The molecule has 3 aromatic rings. The highest BCUT2D eigenvalue weighted by Crippen LogP contribution is 2.16. The second-order valence-corrected chi connectivity index (χ2v) is 9.65. The molecule has 0 saturated carbocycles. The standard InChI is InChI=1S/C23H23BrN2O3S/c1-17-7-9-19(10-8-17)16-25-23(27)22(15-18-5-3-2-4-6-18)26-30(28,29)21-13-11-20(24)12-14-21/h2-14,22,26H,15-16H2,1H3,(H,25,27). The molecule has 0 aliphatic heterocycles. The number of amides is 1. The topological polar surface area (TPSA) is 75.3 Å². The van der Waals surface area contributed by atoms with E-state index >= 15 is 0 Å². The molecule has 156 valence electrons. The van der Waals surface area contributed by atoms with Crippen LogP contribution in [-0.4, -0.2) is 20.4 Å². The quantitative estimate of drug-likeness (QED) is 0.505. The van der Waals surface area contributed by atoms with Crippen molar-refractivity contribution >= 4 is 31.9 Å². The van der Waals surface area contributed by atoms with Gasteiger partial charge < -0.3 is 5.32 Å². The number of rotatable bonds is 8. The van der Waals surface area contributed by atoms with E-state index in [0.29, 0.717) is 6.54 Å². The fourth-order valence-corrected chi connectivity index (χ4v) is 4.38. The van der Waals surface area contributed by atoms with Crippen LogP contribution < -0.4 is 10.0 Å². The average molecular weight is 487 g/mol. The van der Waals surface area contributed by atoms with Gasteiger partial charge in [-0.25, -0.2) is 8.42 Å². The summed E-state index contributed by atoms with van der Waals surface area (Å²) in [5.74, 6) is -0.375. The van der Waals surface area contributed by atoms with Crippen molar-refractivity contribution in [2.24, 2.45) is 0 Å². The van der Waals surface area contributed by atoms with Gasteiger partial charge >= 0.3 is 0 Å². The lowest BCUT2D eigenvalue weighted by atomic mass is 10.1. The Morgan fingerprint density at radius 2 is 1.53 bits per heavy atom. The summed E-state index contributed by atoms with van der Waals surface area (Å²) in [4.78, 5) is 13.0. The zero-order chi connectivity index (χ0) is 21.6. The van der Waals surface area contributed by atoms with Gasteiger partial charge in [-0.2, -0.15) is 4.72 Å². The van der Waals surface area contributed by atoms with E-state index in [1.165, 1.54) is 12.1 Å². The van der Waals surface area contributed by atoms with Crippen LogP contribution in [0.15, 0.2) is 88.2 Å². The summed E-state index contributed by atoms with van der Waals surface area (Å²) in [6.07, 6.45) is 0.246. The number of carbonyl (C=O) groups is 1. The first-order valence-corrected chi connectivity index (χ1v) is 11.8. The lowest BCUT2D eigenvalue weighted by Crippen LogP contribution is -2.47. The molecular weight excluding hydrogens is 464 g/mol. The first kappa shape index (κ1) is 22.2. The van der Waals surface area contributed by atoms with Crippen molar-refractivity contribution in [3.63, 3.8) is 0 Å². The summed E-state index contributed by atoms with van der Waals surface area (Å²) in [6.45, 7) is 2.32. The van der Waals surface area contributed by atoms with Gasteiger partial charge in [0, 0.05) is 11.0 Å². The van der Waals surface area contributed by atoms with Gasteiger partial charge in [0.1, 0.15) is 6.04 Å². The van der Waals surface area contributed by atoms with Gasteiger partial charge in [-0.05, 0) is 48.7 Å². The van der Waals surface area contributed by atoms with Gasteiger partial charge in [-0.1, -0.05) is 76.1 Å². The molecule has 1 atom stereocenters. The minimum Gasteiger partial charge on any atom is -0.351 e. The van der Waals surface area contributed by atoms with Crippen molar-refractivity contribution in [3.05, 3.63) is 100 Å². The van der Waals surface area contributed by atoms with Crippen molar-refractivity contribution in [2.45, 2.75) is 30.8 Å². The molecule has 0 aliphatic rings. The van der Waals surface area contributed by atoms with Crippen molar-refractivity contribution in [1.29, 1.82) is 0 Å². The van der Waals surface area contributed by atoms with E-state index in [-0.39, 0.29) is 17.2 Å². The molecule has 0 radical (unpaired) electrons. The second-order valence-electron chi connectivity index (χ2n) is 7.02. The average Bonchev–Trinajstić information content (AvgIpc) is 2.73. The summed E-state index contributed by atoms with van der Waals surface area (Å²) in [6, 6.07) is 22.5. The van der Waals surface area contributed by atoms with Crippen molar-refractivity contribution < 1.29 is 13.2 Å². The summed E-state index contributed by atoms with van der Waals surface area (Å²) >= 11 is 3.30. The van der Waals surface area contributed by atoms with E-state index in [1.807, 2.05) is 61.5 Å². The lowest BCUT2D eigenvalue weighted by Gasteiger charge is -2.19. The number of nitrogens with one attached hydrogen (secondary N) is 2. The zero-order valence-corrected chi connectivity index (χ0v) is 18.9. The molecule has 5 nitrogen and oxygen atoms in total. The maximum Gasteiger partial charge on any atom is 0.241 e. The Morgan fingerprint density at radius 3 is 2.17 bits per heavy atom. The van der Waals surface area contributed by atoms with Crippen LogP contribution in [0.2, 0.25) is 0 Å². The molecule has 1 unspecified atom stereocenters. The van der Waals surface area contributed by atoms with Crippen molar-refractivity contribution in [3.8, 4) is 0 Å². The molecule has 30 heavy (non-hydrogen) atoms. The number of benzene rings is 3. The number of aryl methyl sites for hydroxylation is 1. The minimum absolute atomic E-state index is 0.107. The molecule has 3 rings (SSSR count). The number of hydrogen-bond acceptors (Lipinski definition) is 3. The smallest absolute Gasteiger partial charge is 0.241 e. The van der Waals surface area contributed by atoms with Crippen LogP contribution in [0.4, 0.5) is 0 Å². The molecule has 7 heteroatoms. The Bertz CT molecular complexity index is 1080. The highest BCUT2D eigenvalue weighted by atomic mass is 79.9. The van der Waals surface area contributed by atoms with Crippen LogP contribution in [0.3, 0.4) is 0 Å². The van der Waals surface area contributed by atoms with Gasteiger partial charge in [-0.15, -0.1) is 0 Å². The Morgan fingerprint density at radius 1 is 0.900 bits per heavy atom. The molecule has 3 aromatic carbocycles. The SMILES string of the molecule is Cc1ccc(CNC(=O)C(Cc2ccccc2)NS(=O)(=O)c2ccc(Br)cc2)cc1. The van der Waals surface area contributed by atoms with Crippen LogP contribution in [0, 0.1) is 6.92 Å². The highest BCUT2D eigenvalue weighted by Gasteiger charge is 2.26. The normalized spacial score (nSPS) is 12.3. The van der Waals surface area contributed by atoms with Crippen molar-refractivity contribution in [1.82, 2.24) is 10.0 Å². The van der Waals surface area contributed by atoms with Gasteiger partial charge in [0.2, 0.25) is 15.9 Å². The number of halogens is 1. The largest absolute Gasteiger partial charge is 0.351 e. The minimum atomic E-state index is -3.86. The third kappa shape index (κ3) is 6.26. The molecule has 0 aliphatic carbocycles. The van der Waals surface area contributed by atoms with Crippen LogP contribution >= 0.6 is 15.9 Å². The highest BCUT2D eigenvalue weighted by molar-refractivity contribution is 9.10. The summed E-state index contributed by atoms with van der Waals surface area (Å²) in [5, 5.41) is 2.85. The predicted molar refractivity (Wildman–Crippen MR) is 121 cm³/mol. The summed E-state index contributed by atoms with van der Waals surface area (Å²) in [7, 11) is -3.86. The molecule has 0 bridgehead atoms. The summed E-state index contributed by atoms with van der Waals surface area (Å²) < 4.78 is 29.1. The number of sulfonamides is 1. The molecular formula is C23H23BrN2O3S. The van der Waals surface area contributed by atoms with Gasteiger partial charge in [0.25, 0.3) is 0 Å². The number of hydrogen-bond donors (Lipinski definition) is 2. The predicted octanol–water partition coefficient (Wildman–Crippen LogP) is 3.96. The zero-order valence-electron chi connectivity index (χ0n) is 16.5. The number of carbonyl (C=O) groups excluding carboxylic acids is 1. The molecule has 0 spiro atoms. The molecule has 0 heterocycles.